The van der Waals surface area contributed by atoms with Crippen molar-refractivity contribution in [1.29, 1.82) is 0 Å². The van der Waals surface area contributed by atoms with Gasteiger partial charge in [-0.2, -0.15) is 13.2 Å². The number of ether oxygens (including phenoxy) is 1. The summed E-state index contributed by atoms with van der Waals surface area (Å²) in [6.07, 6.45) is -5.38. The van der Waals surface area contributed by atoms with Gasteiger partial charge in [0.2, 0.25) is 0 Å². The molecule has 0 saturated carbocycles. The van der Waals surface area contributed by atoms with Crippen LogP contribution in [0.3, 0.4) is 0 Å². The topological polar surface area (TPSA) is 67.9 Å². The van der Waals surface area contributed by atoms with Gasteiger partial charge in [0, 0.05) is 7.05 Å². The normalized spacial score (nSPS) is 13.1. The van der Waals surface area contributed by atoms with Crippen LogP contribution in [0.4, 0.5) is 18.0 Å². The lowest BCUT2D eigenvalue weighted by Gasteiger charge is -2.25. The Morgan fingerprint density at radius 1 is 1.12 bits per heavy atom. The minimum Gasteiger partial charge on any atom is -0.444 e. The lowest BCUT2D eigenvalue weighted by molar-refractivity contribution is -0.171. The fourth-order valence-electron chi connectivity index (χ4n) is 1.85. The van der Waals surface area contributed by atoms with Gasteiger partial charge < -0.3 is 10.1 Å². The summed E-state index contributed by atoms with van der Waals surface area (Å²) >= 11 is 0. The standard InChI is InChI=1S/C16H21F3N2O4/c1-15(2,3)25-14(23)20-12(13(22)21(4)24-5)10-6-8-11(9-7-10)16(17,18)19/h6-9,12H,1-5H3,(H,20,23). The van der Waals surface area contributed by atoms with E-state index in [9.17, 15) is 22.8 Å². The first-order valence-corrected chi connectivity index (χ1v) is 7.33. The number of halogens is 3. The SMILES string of the molecule is CON(C)C(=O)C(NC(=O)OC(C)(C)C)c1ccc(C(F)(F)F)cc1. The fourth-order valence-corrected chi connectivity index (χ4v) is 1.85. The van der Waals surface area contributed by atoms with E-state index < -0.39 is 35.4 Å². The Morgan fingerprint density at radius 3 is 2.04 bits per heavy atom. The number of rotatable bonds is 4. The molecule has 1 unspecified atom stereocenters. The number of amides is 2. The summed E-state index contributed by atoms with van der Waals surface area (Å²) < 4.78 is 43.1. The van der Waals surface area contributed by atoms with Crippen LogP contribution in [-0.2, 0) is 20.5 Å². The van der Waals surface area contributed by atoms with Crippen LogP contribution in [0.25, 0.3) is 0 Å². The molecule has 1 atom stereocenters. The first-order chi connectivity index (χ1) is 11.3. The average molecular weight is 362 g/mol. The summed E-state index contributed by atoms with van der Waals surface area (Å²) in [5.74, 6) is -0.673. The summed E-state index contributed by atoms with van der Waals surface area (Å²) in [5, 5.41) is 3.21. The lowest BCUT2D eigenvalue weighted by Crippen LogP contribution is -2.42. The smallest absolute Gasteiger partial charge is 0.416 e. The van der Waals surface area contributed by atoms with Gasteiger partial charge in [-0.15, -0.1) is 0 Å². The van der Waals surface area contributed by atoms with Crippen LogP contribution in [0.1, 0.15) is 37.9 Å². The molecule has 25 heavy (non-hydrogen) atoms. The Labute approximate surface area is 143 Å². The molecule has 1 aromatic carbocycles. The number of carbonyl (C=O) groups excluding carboxylic acids is 2. The van der Waals surface area contributed by atoms with E-state index in [2.05, 4.69) is 5.32 Å². The van der Waals surface area contributed by atoms with Crippen molar-refractivity contribution in [1.82, 2.24) is 10.4 Å². The van der Waals surface area contributed by atoms with E-state index in [4.69, 9.17) is 9.57 Å². The van der Waals surface area contributed by atoms with Crippen LogP contribution in [0.2, 0.25) is 0 Å². The maximum Gasteiger partial charge on any atom is 0.416 e. The number of benzene rings is 1. The summed E-state index contributed by atoms with van der Waals surface area (Å²) in [5.41, 5.74) is -1.50. The molecule has 0 heterocycles. The number of hydroxylamine groups is 2. The number of hydrogen-bond donors (Lipinski definition) is 1. The third kappa shape index (κ3) is 6.26. The molecule has 1 aromatic rings. The summed E-state index contributed by atoms with van der Waals surface area (Å²) in [4.78, 5) is 29.1. The van der Waals surface area contributed by atoms with Crippen molar-refractivity contribution in [3.63, 3.8) is 0 Å². The van der Waals surface area contributed by atoms with Gasteiger partial charge >= 0.3 is 12.3 Å². The fraction of sp³-hybridized carbons (Fsp3) is 0.500. The van der Waals surface area contributed by atoms with E-state index in [-0.39, 0.29) is 5.56 Å². The monoisotopic (exact) mass is 362 g/mol. The van der Waals surface area contributed by atoms with Gasteiger partial charge in [0.15, 0.2) is 0 Å². The zero-order valence-electron chi connectivity index (χ0n) is 14.6. The predicted molar refractivity (Wildman–Crippen MR) is 83.3 cm³/mol. The van der Waals surface area contributed by atoms with E-state index >= 15 is 0 Å². The molecule has 6 nitrogen and oxygen atoms in total. The highest BCUT2D eigenvalue weighted by atomic mass is 19.4. The van der Waals surface area contributed by atoms with Crippen molar-refractivity contribution in [3.05, 3.63) is 35.4 Å². The van der Waals surface area contributed by atoms with Crippen molar-refractivity contribution in [3.8, 4) is 0 Å². The molecule has 0 bridgehead atoms. The largest absolute Gasteiger partial charge is 0.444 e. The molecule has 0 aliphatic heterocycles. The Kier molecular flexibility index (Phi) is 6.42. The highest BCUT2D eigenvalue weighted by molar-refractivity contribution is 5.86. The third-order valence-corrected chi connectivity index (χ3v) is 3.06. The van der Waals surface area contributed by atoms with E-state index in [1.807, 2.05) is 0 Å². The van der Waals surface area contributed by atoms with E-state index in [1.165, 1.54) is 14.2 Å². The van der Waals surface area contributed by atoms with E-state index in [0.717, 1.165) is 29.3 Å². The zero-order valence-corrected chi connectivity index (χ0v) is 14.6. The number of carbonyl (C=O) groups is 2. The maximum absolute atomic E-state index is 12.7. The van der Waals surface area contributed by atoms with Gasteiger partial charge in [0.05, 0.1) is 12.7 Å². The van der Waals surface area contributed by atoms with Crippen LogP contribution in [0, 0.1) is 0 Å². The van der Waals surface area contributed by atoms with Crippen molar-refractivity contribution in [2.45, 2.75) is 38.6 Å². The van der Waals surface area contributed by atoms with Crippen LogP contribution in [0.15, 0.2) is 24.3 Å². The molecule has 0 fully saturated rings. The Balaban J connectivity index is 3.10. The Bertz CT molecular complexity index is 609. The minimum absolute atomic E-state index is 0.160. The molecule has 0 spiro atoms. The molecular weight excluding hydrogens is 341 g/mol. The molecule has 0 radical (unpaired) electrons. The van der Waals surface area contributed by atoms with Gasteiger partial charge in [-0.25, -0.2) is 9.86 Å². The van der Waals surface area contributed by atoms with Gasteiger partial charge in [0.25, 0.3) is 5.91 Å². The van der Waals surface area contributed by atoms with Crippen LogP contribution in [-0.4, -0.2) is 36.8 Å². The Morgan fingerprint density at radius 2 is 1.64 bits per heavy atom. The van der Waals surface area contributed by atoms with Crippen molar-refractivity contribution < 1.29 is 32.3 Å². The summed E-state index contributed by atoms with van der Waals surface area (Å²) in [6.45, 7) is 4.93. The molecular formula is C16H21F3N2O4. The first kappa shape index (κ1) is 20.8. The molecule has 0 saturated heterocycles. The second-order valence-electron chi connectivity index (χ2n) is 6.22. The third-order valence-electron chi connectivity index (χ3n) is 3.06. The average Bonchev–Trinajstić information content (AvgIpc) is 2.48. The van der Waals surface area contributed by atoms with Crippen molar-refractivity contribution in [2.24, 2.45) is 0 Å². The van der Waals surface area contributed by atoms with Gasteiger partial charge in [-0.1, -0.05) is 12.1 Å². The highest BCUT2D eigenvalue weighted by Gasteiger charge is 2.32. The van der Waals surface area contributed by atoms with Gasteiger partial charge in [-0.3, -0.25) is 9.63 Å². The van der Waals surface area contributed by atoms with Crippen LogP contribution in [0.5, 0.6) is 0 Å². The number of hydrogen-bond acceptors (Lipinski definition) is 4. The second kappa shape index (κ2) is 7.73. The molecule has 140 valence electrons. The molecule has 1 N–H and O–H groups in total. The number of alkyl halides is 3. The van der Waals surface area contributed by atoms with Crippen LogP contribution >= 0.6 is 0 Å². The molecule has 2 amide bonds. The quantitative estimate of drug-likeness (QED) is 0.835. The molecule has 0 aliphatic rings. The lowest BCUT2D eigenvalue weighted by atomic mass is 10.0. The maximum atomic E-state index is 12.7. The number of likely N-dealkylation sites (N-methyl/N-ethyl adjacent to an activating group) is 1. The number of nitrogens with one attached hydrogen (secondary N) is 1. The first-order valence-electron chi connectivity index (χ1n) is 7.33. The highest BCUT2D eigenvalue weighted by Crippen LogP contribution is 2.30. The van der Waals surface area contributed by atoms with E-state index in [1.54, 1.807) is 20.8 Å². The summed E-state index contributed by atoms with van der Waals surface area (Å²) in [7, 11) is 2.56. The molecule has 0 aromatic heterocycles. The minimum atomic E-state index is -4.50. The second-order valence-corrected chi connectivity index (χ2v) is 6.22. The number of nitrogens with zero attached hydrogens (tertiary/aromatic N) is 1. The van der Waals surface area contributed by atoms with E-state index in [0.29, 0.717) is 0 Å². The number of alkyl carbamates (subject to hydrolysis) is 1. The van der Waals surface area contributed by atoms with Gasteiger partial charge in [0.1, 0.15) is 11.6 Å². The van der Waals surface area contributed by atoms with Gasteiger partial charge in [-0.05, 0) is 38.5 Å². The molecule has 0 aliphatic carbocycles. The van der Waals surface area contributed by atoms with Crippen LogP contribution < -0.4 is 5.32 Å². The predicted octanol–water partition coefficient (Wildman–Crippen LogP) is 3.29. The molecule has 1 rings (SSSR count). The summed E-state index contributed by atoms with van der Waals surface area (Å²) in [6, 6.07) is 2.64. The molecule has 9 heteroatoms. The van der Waals surface area contributed by atoms with Crippen molar-refractivity contribution >= 4 is 12.0 Å². The zero-order chi connectivity index (χ0) is 19.4. The Hall–Kier alpha value is -2.29. The van der Waals surface area contributed by atoms with Crippen molar-refractivity contribution in [2.75, 3.05) is 14.2 Å².